The molecule has 0 saturated heterocycles. The topological polar surface area (TPSA) is 102 Å². The molecule has 0 bridgehead atoms. The van der Waals surface area contributed by atoms with Crippen LogP contribution < -0.4 is 10.0 Å². The molecule has 0 fully saturated rings. The second-order valence-corrected chi connectivity index (χ2v) is 7.21. The Morgan fingerprint density at radius 2 is 1.96 bits per heavy atom. The number of sulfonamides is 1. The summed E-state index contributed by atoms with van der Waals surface area (Å²) in [5.74, 6) is -0.512. The monoisotopic (exact) mass is 352 g/mol. The van der Waals surface area contributed by atoms with Crippen LogP contribution in [0.4, 0.5) is 5.69 Å². The van der Waals surface area contributed by atoms with E-state index in [0.717, 1.165) is 12.8 Å². The number of methoxy groups -OCH3 is 1. The lowest BCUT2D eigenvalue weighted by Crippen LogP contribution is -2.30. The third kappa shape index (κ3) is 5.17. The van der Waals surface area contributed by atoms with Crippen molar-refractivity contribution in [3.63, 3.8) is 0 Å². The molecule has 7 nitrogen and oxygen atoms in total. The second kappa shape index (κ2) is 8.07. The minimum atomic E-state index is -3.80. The van der Waals surface area contributed by atoms with Crippen molar-refractivity contribution in [1.29, 1.82) is 0 Å². The molecule has 0 heterocycles. The van der Waals surface area contributed by atoms with Crippen molar-refractivity contribution in [2.45, 2.75) is 24.2 Å². The van der Waals surface area contributed by atoms with Crippen molar-refractivity contribution in [2.24, 2.45) is 5.92 Å². The normalized spacial score (nSPS) is 16.8. The van der Waals surface area contributed by atoms with Crippen LogP contribution in [0.15, 0.2) is 41.3 Å². The summed E-state index contributed by atoms with van der Waals surface area (Å²) in [4.78, 5) is 22.9. The number of anilines is 1. The van der Waals surface area contributed by atoms with Crippen molar-refractivity contribution in [3.05, 3.63) is 36.4 Å². The smallest absolute Gasteiger partial charge is 0.320 e. The Morgan fingerprint density at radius 3 is 2.54 bits per heavy atom. The fraction of sp³-hybridized carbons (Fsp3) is 0.375. The van der Waals surface area contributed by atoms with Gasteiger partial charge in [0.05, 0.1) is 12.0 Å². The first-order valence-electron chi connectivity index (χ1n) is 7.54. The van der Waals surface area contributed by atoms with E-state index in [4.69, 9.17) is 0 Å². The molecule has 0 aromatic heterocycles. The summed E-state index contributed by atoms with van der Waals surface area (Å²) in [6.45, 7) is -0.438. The van der Waals surface area contributed by atoms with Crippen molar-refractivity contribution < 1.29 is 22.7 Å². The number of rotatable bonds is 7. The van der Waals surface area contributed by atoms with E-state index in [1.807, 2.05) is 6.08 Å². The molecular weight excluding hydrogens is 332 g/mol. The van der Waals surface area contributed by atoms with Gasteiger partial charge in [0, 0.05) is 12.1 Å². The third-order valence-corrected chi connectivity index (χ3v) is 5.06. The van der Waals surface area contributed by atoms with E-state index in [9.17, 15) is 18.0 Å². The summed E-state index contributed by atoms with van der Waals surface area (Å²) in [6.07, 6.45) is 6.51. The minimum Gasteiger partial charge on any atom is -0.468 e. The van der Waals surface area contributed by atoms with Crippen molar-refractivity contribution in [1.82, 2.24) is 4.72 Å². The molecule has 1 aromatic carbocycles. The number of hydrogen-bond donors (Lipinski definition) is 2. The number of nitrogens with one attached hydrogen (secondary N) is 2. The lowest BCUT2D eigenvalue weighted by molar-refractivity contribution is -0.139. The Bertz CT molecular complexity index is 725. The van der Waals surface area contributed by atoms with Gasteiger partial charge in [-0.05, 0) is 43.0 Å². The van der Waals surface area contributed by atoms with Gasteiger partial charge in [-0.1, -0.05) is 12.2 Å². The summed E-state index contributed by atoms with van der Waals surface area (Å²) in [5.41, 5.74) is 0.522. The van der Waals surface area contributed by atoms with E-state index >= 15 is 0 Å². The van der Waals surface area contributed by atoms with Gasteiger partial charge in [-0.15, -0.1) is 0 Å². The lowest BCUT2D eigenvalue weighted by Gasteiger charge is -2.10. The number of benzene rings is 1. The van der Waals surface area contributed by atoms with Crippen LogP contribution in [0.25, 0.3) is 0 Å². The predicted molar refractivity (Wildman–Crippen MR) is 88.8 cm³/mol. The average Bonchev–Trinajstić information content (AvgIpc) is 3.06. The Labute approximate surface area is 141 Å². The largest absolute Gasteiger partial charge is 0.468 e. The Balaban J connectivity index is 1.93. The highest BCUT2D eigenvalue weighted by atomic mass is 32.2. The van der Waals surface area contributed by atoms with Gasteiger partial charge in [0.25, 0.3) is 0 Å². The maximum Gasteiger partial charge on any atom is 0.320 e. The van der Waals surface area contributed by atoms with Crippen molar-refractivity contribution in [3.8, 4) is 0 Å². The number of carbonyl (C=O) groups is 2. The Hall–Kier alpha value is -2.19. The molecule has 1 aliphatic rings. The molecule has 24 heavy (non-hydrogen) atoms. The molecule has 2 rings (SSSR count). The number of hydrogen-bond acceptors (Lipinski definition) is 5. The number of esters is 1. The molecule has 1 aliphatic carbocycles. The van der Waals surface area contributed by atoms with E-state index in [-0.39, 0.29) is 16.7 Å². The summed E-state index contributed by atoms with van der Waals surface area (Å²) in [5, 5.41) is 2.74. The van der Waals surface area contributed by atoms with E-state index in [0.29, 0.717) is 12.1 Å². The Morgan fingerprint density at radius 1 is 1.25 bits per heavy atom. The maximum absolute atomic E-state index is 12.0. The number of ether oxygens (including phenoxy) is 1. The number of allylic oxidation sites excluding steroid dienone is 2. The molecule has 0 unspecified atom stereocenters. The van der Waals surface area contributed by atoms with Gasteiger partial charge in [0.2, 0.25) is 15.9 Å². The highest BCUT2D eigenvalue weighted by molar-refractivity contribution is 7.89. The summed E-state index contributed by atoms with van der Waals surface area (Å²) in [7, 11) is -2.63. The van der Waals surface area contributed by atoms with Crippen LogP contribution in [0.5, 0.6) is 0 Å². The second-order valence-electron chi connectivity index (χ2n) is 5.44. The van der Waals surface area contributed by atoms with Crippen LogP contribution in [-0.4, -0.2) is 33.9 Å². The van der Waals surface area contributed by atoms with Crippen LogP contribution >= 0.6 is 0 Å². The van der Waals surface area contributed by atoms with Crippen molar-refractivity contribution in [2.75, 3.05) is 19.0 Å². The summed E-state index contributed by atoms with van der Waals surface area (Å²) < 4.78 is 30.5. The number of carbonyl (C=O) groups excluding carboxylic acids is 2. The van der Waals surface area contributed by atoms with Crippen LogP contribution in [-0.2, 0) is 24.3 Å². The Kier molecular flexibility index (Phi) is 6.10. The fourth-order valence-electron chi connectivity index (χ4n) is 2.34. The zero-order valence-electron chi connectivity index (χ0n) is 13.3. The van der Waals surface area contributed by atoms with Gasteiger partial charge >= 0.3 is 5.97 Å². The molecule has 130 valence electrons. The molecule has 1 atom stereocenters. The summed E-state index contributed by atoms with van der Waals surface area (Å²) >= 11 is 0. The minimum absolute atomic E-state index is 0.00290. The van der Waals surface area contributed by atoms with Gasteiger partial charge in [0.15, 0.2) is 0 Å². The molecule has 0 aliphatic heterocycles. The molecule has 1 amide bonds. The zero-order valence-corrected chi connectivity index (χ0v) is 14.1. The van der Waals surface area contributed by atoms with E-state index in [1.165, 1.54) is 31.4 Å². The zero-order chi connectivity index (χ0) is 17.6. The van der Waals surface area contributed by atoms with Crippen molar-refractivity contribution >= 4 is 27.6 Å². The van der Waals surface area contributed by atoms with Gasteiger partial charge in [-0.3, -0.25) is 9.59 Å². The molecule has 0 spiro atoms. The van der Waals surface area contributed by atoms with Crippen LogP contribution in [0.2, 0.25) is 0 Å². The third-order valence-electron chi connectivity index (χ3n) is 3.64. The maximum atomic E-state index is 12.0. The first-order chi connectivity index (χ1) is 11.4. The highest BCUT2D eigenvalue weighted by Gasteiger charge is 2.17. The SMILES string of the molecule is COC(=O)CNS(=O)(=O)c1ccc(NC(=O)C[C@@H]2C=CCC2)cc1. The standard InChI is InChI=1S/C16H20N2O5S/c1-23-16(20)11-17-24(21,22)14-8-6-13(7-9-14)18-15(19)10-12-4-2-3-5-12/h2,4,6-9,12,17H,3,5,10-11H2,1H3,(H,18,19)/t12-/m1/s1. The lowest BCUT2D eigenvalue weighted by atomic mass is 10.1. The van der Waals surface area contributed by atoms with Crippen LogP contribution in [0.1, 0.15) is 19.3 Å². The first-order valence-corrected chi connectivity index (χ1v) is 9.02. The molecular formula is C16H20N2O5S. The molecule has 0 saturated carbocycles. The van der Waals surface area contributed by atoms with E-state index in [1.54, 1.807) is 0 Å². The highest BCUT2D eigenvalue weighted by Crippen LogP contribution is 2.21. The summed E-state index contributed by atoms with van der Waals surface area (Å²) in [6, 6.07) is 5.75. The van der Waals surface area contributed by atoms with E-state index in [2.05, 4.69) is 20.9 Å². The van der Waals surface area contributed by atoms with E-state index < -0.39 is 22.5 Å². The van der Waals surface area contributed by atoms with Crippen LogP contribution in [0.3, 0.4) is 0 Å². The van der Waals surface area contributed by atoms with Gasteiger partial charge in [-0.25, -0.2) is 8.42 Å². The molecule has 2 N–H and O–H groups in total. The molecule has 1 aromatic rings. The first kappa shape index (κ1) is 18.2. The number of amides is 1. The van der Waals surface area contributed by atoms with Gasteiger partial charge in [-0.2, -0.15) is 4.72 Å². The fourth-order valence-corrected chi connectivity index (χ4v) is 3.31. The quantitative estimate of drug-likeness (QED) is 0.571. The average molecular weight is 352 g/mol. The molecule has 8 heteroatoms. The van der Waals surface area contributed by atoms with Gasteiger partial charge < -0.3 is 10.1 Å². The van der Waals surface area contributed by atoms with Gasteiger partial charge in [0.1, 0.15) is 6.54 Å². The predicted octanol–water partition coefficient (Wildman–Crippen LogP) is 1.43. The molecule has 0 radical (unpaired) electrons. The van der Waals surface area contributed by atoms with Crippen LogP contribution in [0, 0.1) is 5.92 Å².